The lowest BCUT2D eigenvalue weighted by Crippen LogP contribution is -2.63. The zero-order chi connectivity index (χ0) is 23.1. The molecule has 3 heteroatoms. The van der Waals surface area contributed by atoms with Gasteiger partial charge in [-0.15, -0.1) is 9.13 Å². The lowest BCUT2D eigenvalue weighted by Gasteiger charge is -2.31. The van der Waals surface area contributed by atoms with Crippen LogP contribution < -0.4 is 9.13 Å². The highest BCUT2D eigenvalue weighted by Gasteiger charge is 2.52. The van der Waals surface area contributed by atoms with E-state index >= 15 is 0 Å². The van der Waals surface area contributed by atoms with Crippen molar-refractivity contribution in [1.82, 2.24) is 4.98 Å². The summed E-state index contributed by atoms with van der Waals surface area (Å²) in [5.74, 6) is 0.198. The van der Waals surface area contributed by atoms with E-state index < -0.39 is 0 Å². The van der Waals surface area contributed by atoms with Gasteiger partial charge in [0.15, 0.2) is 12.4 Å². The van der Waals surface area contributed by atoms with Gasteiger partial charge >= 0.3 is 6.17 Å². The van der Waals surface area contributed by atoms with Crippen LogP contribution in [0.1, 0.15) is 48.2 Å². The Bertz CT molecular complexity index is 1950. The van der Waals surface area contributed by atoms with E-state index in [-0.39, 0.29) is 17.5 Å². The first-order valence-electron chi connectivity index (χ1n) is 12.5. The van der Waals surface area contributed by atoms with Gasteiger partial charge < -0.3 is 0 Å². The van der Waals surface area contributed by atoms with Gasteiger partial charge in [-0.05, 0) is 45.7 Å². The van der Waals surface area contributed by atoms with Gasteiger partial charge in [0.05, 0.1) is 16.3 Å². The highest BCUT2D eigenvalue weighted by molar-refractivity contribution is 6.28. The zero-order valence-corrected chi connectivity index (χ0v) is 19.7. The van der Waals surface area contributed by atoms with E-state index in [1.165, 1.54) is 66.0 Å². The minimum Gasteiger partial charge on any atom is -0.264 e. The maximum absolute atomic E-state index is 4.61. The number of hydrogen-bond acceptors (Lipinski definition) is 1. The van der Waals surface area contributed by atoms with Crippen LogP contribution in [0, 0.1) is 0 Å². The van der Waals surface area contributed by atoms with Crippen LogP contribution in [0.15, 0.2) is 91.5 Å². The fraction of sp³-hybridized carbons (Fsp3) is 0.156. The maximum Gasteiger partial charge on any atom is 0.364 e. The van der Waals surface area contributed by atoms with Crippen molar-refractivity contribution in [2.45, 2.75) is 31.3 Å². The molecule has 0 saturated carbocycles. The van der Waals surface area contributed by atoms with Crippen molar-refractivity contribution in [2.75, 3.05) is 0 Å². The fourth-order valence-electron chi connectivity index (χ4n) is 7.60. The van der Waals surface area contributed by atoms with Crippen molar-refractivity contribution in [2.24, 2.45) is 0 Å². The molecule has 3 aliphatic rings. The number of rotatable bonds is 0. The van der Waals surface area contributed by atoms with E-state index in [1.54, 1.807) is 0 Å². The van der Waals surface area contributed by atoms with Crippen molar-refractivity contribution in [1.29, 1.82) is 0 Å². The molecule has 0 fully saturated rings. The van der Waals surface area contributed by atoms with Crippen LogP contribution in [0.4, 0.5) is 0 Å². The van der Waals surface area contributed by atoms with Crippen LogP contribution in [0.5, 0.6) is 0 Å². The van der Waals surface area contributed by atoms with E-state index in [1.807, 2.05) is 6.20 Å². The van der Waals surface area contributed by atoms with Crippen LogP contribution in [0.2, 0.25) is 0 Å². The molecule has 2 aliphatic heterocycles. The summed E-state index contributed by atoms with van der Waals surface area (Å²) in [5, 5.41) is 7.06. The van der Waals surface area contributed by atoms with Gasteiger partial charge in [0, 0.05) is 47.0 Å². The van der Waals surface area contributed by atoms with Gasteiger partial charge in [0.2, 0.25) is 11.2 Å². The molecular formula is C32H23N3+2. The first kappa shape index (κ1) is 18.2. The number of benzene rings is 3. The third kappa shape index (κ3) is 1.89. The highest BCUT2D eigenvalue weighted by Crippen LogP contribution is 2.55. The number of pyridine rings is 3. The van der Waals surface area contributed by atoms with Crippen LogP contribution in [-0.4, -0.2) is 4.98 Å². The van der Waals surface area contributed by atoms with Gasteiger partial charge in [-0.25, -0.2) is 0 Å². The molecule has 0 amide bonds. The molecule has 0 spiro atoms. The summed E-state index contributed by atoms with van der Waals surface area (Å²) >= 11 is 0. The molecule has 0 N–H and O–H groups in total. The molecule has 0 bridgehead atoms. The minimum atomic E-state index is -0.00714. The third-order valence-corrected chi connectivity index (χ3v) is 9.00. The second kappa shape index (κ2) is 5.75. The highest BCUT2D eigenvalue weighted by atomic mass is 15.2. The number of nitrogens with zero attached hydrogens (tertiary/aromatic N) is 3. The van der Waals surface area contributed by atoms with E-state index in [0.29, 0.717) is 0 Å². The van der Waals surface area contributed by atoms with Crippen molar-refractivity contribution < 1.29 is 9.13 Å². The Labute approximate surface area is 202 Å². The molecule has 2 unspecified atom stereocenters. The first-order valence-corrected chi connectivity index (χ1v) is 12.5. The fourth-order valence-corrected chi connectivity index (χ4v) is 7.60. The molecule has 164 valence electrons. The summed E-state index contributed by atoms with van der Waals surface area (Å²) in [6.07, 6.45) is 8.70. The van der Waals surface area contributed by atoms with E-state index in [9.17, 15) is 0 Å². The van der Waals surface area contributed by atoms with Gasteiger partial charge in [0.25, 0.3) is 0 Å². The SMILES string of the molecule is CC1(C)c2cccc3c4ccc[n+]5c4c4c(ccc1c4c23)C1c2cnccc2-c2cccc[n+]2C15. The summed E-state index contributed by atoms with van der Waals surface area (Å²) in [7, 11) is 0. The van der Waals surface area contributed by atoms with Crippen LogP contribution in [0.3, 0.4) is 0 Å². The second-order valence-corrected chi connectivity index (χ2v) is 10.8. The molecule has 2 atom stereocenters. The Hall–Kier alpha value is -4.11. The molecule has 5 heterocycles. The topological polar surface area (TPSA) is 20.6 Å². The summed E-state index contributed by atoms with van der Waals surface area (Å²) in [6.45, 7) is 4.77. The first-order chi connectivity index (χ1) is 17.2. The standard InChI is InChI=1S/C32H23N3/c1-32(2)23-9-5-7-19-20-8-6-16-35-30(20)28-21(11-12-24(32)29(28)27(19)23)26-22-17-33-14-13-18(22)25-10-3-4-15-34(25)31(26)35/h3-17,26,31H,1-2H3/q+2. The van der Waals surface area contributed by atoms with Crippen LogP contribution in [-0.2, 0) is 5.41 Å². The van der Waals surface area contributed by atoms with E-state index in [4.69, 9.17) is 0 Å². The molecule has 0 saturated heterocycles. The molecule has 9 rings (SSSR count). The van der Waals surface area contributed by atoms with Gasteiger partial charge in [0.1, 0.15) is 5.92 Å². The van der Waals surface area contributed by atoms with Crippen molar-refractivity contribution in [3.8, 4) is 11.3 Å². The average molecular weight is 450 g/mol. The predicted octanol–water partition coefficient (Wildman–Crippen LogP) is 5.93. The molecule has 3 nitrogen and oxygen atoms in total. The lowest BCUT2D eigenvalue weighted by atomic mass is 9.76. The Morgan fingerprint density at radius 2 is 1.57 bits per heavy atom. The lowest BCUT2D eigenvalue weighted by molar-refractivity contribution is -0.933. The Morgan fingerprint density at radius 1 is 0.714 bits per heavy atom. The number of fused-ring (bicyclic) bond motifs is 9. The number of aromatic nitrogens is 3. The summed E-state index contributed by atoms with van der Waals surface area (Å²) in [5.41, 5.74) is 9.54. The predicted molar refractivity (Wildman–Crippen MR) is 137 cm³/mol. The summed E-state index contributed by atoms with van der Waals surface area (Å²) < 4.78 is 5.02. The molecule has 3 aromatic heterocycles. The Balaban J connectivity index is 1.58. The molecular weight excluding hydrogens is 426 g/mol. The maximum atomic E-state index is 4.61. The Morgan fingerprint density at radius 3 is 2.51 bits per heavy atom. The minimum absolute atomic E-state index is 0.00714. The molecule has 3 aromatic carbocycles. The van der Waals surface area contributed by atoms with Crippen molar-refractivity contribution in [3.63, 3.8) is 0 Å². The van der Waals surface area contributed by atoms with Gasteiger partial charge in [-0.1, -0.05) is 44.2 Å². The largest absolute Gasteiger partial charge is 0.364 e. The van der Waals surface area contributed by atoms with Crippen LogP contribution in [0.25, 0.3) is 43.7 Å². The van der Waals surface area contributed by atoms with Crippen LogP contribution >= 0.6 is 0 Å². The Kier molecular flexibility index (Phi) is 3.00. The van der Waals surface area contributed by atoms with Gasteiger partial charge in [-0.3, -0.25) is 4.98 Å². The monoisotopic (exact) mass is 449 g/mol. The quantitative estimate of drug-likeness (QED) is 0.208. The summed E-state index contributed by atoms with van der Waals surface area (Å²) in [6, 6.07) is 25.0. The average Bonchev–Trinajstić information content (AvgIpc) is 3.14. The molecule has 6 aromatic rings. The van der Waals surface area contributed by atoms with Crippen molar-refractivity contribution >= 4 is 32.4 Å². The van der Waals surface area contributed by atoms with Gasteiger partial charge in [-0.2, -0.15) is 0 Å². The second-order valence-electron chi connectivity index (χ2n) is 10.8. The van der Waals surface area contributed by atoms with E-state index in [0.717, 1.165) is 0 Å². The molecule has 35 heavy (non-hydrogen) atoms. The van der Waals surface area contributed by atoms with Crippen molar-refractivity contribution in [3.05, 3.63) is 114 Å². The number of hydrogen-bond donors (Lipinski definition) is 0. The smallest absolute Gasteiger partial charge is 0.264 e. The molecule has 1 aliphatic carbocycles. The molecule has 0 radical (unpaired) electrons. The third-order valence-electron chi connectivity index (χ3n) is 9.00. The normalized spacial score (nSPS) is 19.9. The zero-order valence-electron chi connectivity index (χ0n) is 19.7. The van der Waals surface area contributed by atoms with E-state index in [2.05, 4.69) is 113 Å². The summed E-state index contributed by atoms with van der Waals surface area (Å²) in [4.78, 5) is 4.61.